The van der Waals surface area contributed by atoms with Crippen molar-refractivity contribution in [1.82, 2.24) is 5.32 Å². The van der Waals surface area contributed by atoms with Gasteiger partial charge in [-0.15, -0.1) is 0 Å². The largest absolute Gasteiger partial charge is 0.497 e. The highest BCUT2D eigenvalue weighted by molar-refractivity contribution is 5.97. The molecule has 0 aliphatic carbocycles. The van der Waals surface area contributed by atoms with Crippen molar-refractivity contribution >= 4 is 11.9 Å². The fourth-order valence-corrected chi connectivity index (χ4v) is 2.00. The lowest BCUT2D eigenvalue weighted by Crippen LogP contribution is -2.34. The van der Waals surface area contributed by atoms with Gasteiger partial charge in [-0.05, 0) is 29.8 Å². The molecule has 2 rings (SSSR count). The van der Waals surface area contributed by atoms with E-state index in [9.17, 15) is 9.59 Å². The number of benzene rings is 2. The molecule has 0 fully saturated rings. The Morgan fingerprint density at radius 1 is 0.955 bits per heavy atom. The predicted molar refractivity (Wildman–Crippen MR) is 81.7 cm³/mol. The summed E-state index contributed by atoms with van der Waals surface area (Å²) >= 11 is 0. The third-order valence-electron chi connectivity index (χ3n) is 3.20. The van der Waals surface area contributed by atoms with Gasteiger partial charge in [0.1, 0.15) is 5.75 Å². The van der Waals surface area contributed by atoms with Gasteiger partial charge in [-0.1, -0.05) is 30.3 Å². The van der Waals surface area contributed by atoms with Gasteiger partial charge in [-0.3, -0.25) is 4.79 Å². The third-order valence-corrected chi connectivity index (χ3v) is 3.20. The van der Waals surface area contributed by atoms with Crippen LogP contribution in [-0.4, -0.2) is 26.1 Å². The van der Waals surface area contributed by atoms with E-state index < -0.39 is 12.0 Å². The summed E-state index contributed by atoms with van der Waals surface area (Å²) in [5.74, 6) is -0.223. The zero-order valence-electron chi connectivity index (χ0n) is 12.4. The van der Waals surface area contributed by atoms with E-state index in [0.717, 1.165) is 0 Å². The summed E-state index contributed by atoms with van der Waals surface area (Å²) in [5, 5.41) is 2.68. The molecule has 2 aromatic rings. The highest BCUT2D eigenvalue weighted by Crippen LogP contribution is 2.16. The molecule has 0 heterocycles. The molecular formula is C17H17NO4. The molecule has 0 saturated carbocycles. The minimum absolute atomic E-state index is 0.359. The Morgan fingerprint density at radius 2 is 1.59 bits per heavy atom. The Labute approximate surface area is 128 Å². The van der Waals surface area contributed by atoms with Gasteiger partial charge in [-0.2, -0.15) is 0 Å². The van der Waals surface area contributed by atoms with Gasteiger partial charge in [0.2, 0.25) is 0 Å². The van der Waals surface area contributed by atoms with Crippen molar-refractivity contribution in [2.45, 2.75) is 6.04 Å². The lowest BCUT2D eigenvalue weighted by molar-refractivity contribution is -0.143. The summed E-state index contributed by atoms with van der Waals surface area (Å²) in [6.45, 7) is 0. The van der Waals surface area contributed by atoms with Crippen LogP contribution in [0.2, 0.25) is 0 Å². The van der Waals surface area contributed by atoms with Crippen LogP contribution in [0.4, 0.5) is 0 Å². The molecule has 0 spiro atoms. The average Bonchev–Trinajstić information content (AvgIpc) is 2.59. The maximum atomic E-state index is 12.3. The van der Waals surface area contributed by atoms with Gasteiger partial charge in [-0.25, -0.2) is 4.79 Å². The normalized spacial score (nSPS) is 11.4. The second-order valence-electron chi connectivity index (χ2n) is 4.57. The van der Waals surface area contributed by atoms with Crippen molar-refractivity contribution < 1.29 is 19.1 Å². The number of carbonyl (C=O) groups excluding carboxylic acids is 2. The number of ether oxygens (including phenoxy) is 2. The van der Waals surface area contributed by atoms with Gasteiger partial charge < -0.3 is 14.8 Å². The summed E-state index contributed by atoms with van der Waals surface area (Å²) < 4.78 is 9.82. The fraction of sp³-hybridized carbons (Fsp3) is 0.176. The molecule has 0 bridgehead atoms. The monoisotopic (exact) mass is 299 g/mol. The van der Waals surface area contributed by atoms with E-state index in [4.69, 9.17) is 9.47 Å². The van der Waals surface area contributed by atoms with Crippen LogP contribution in [0, 0.1) is 0 Å². The van der Waals surface area contributed by atoms with Crippen molar-refractivity contribution in [3.05, 3.63) is 65.7 Å². The van der Waals surface area contributed by atoms with E-state index in [1.807, 2.05) is 6.07 Å². The van der Waals surface area contributed by atoms with Gasteiger partial charge in [0, 0.05) is 5.56 Å². The molecule has 5 nitrogen and oxygen atoms in total. The van der Waals surface area contributed by atoms with Crippen LogP contribution < -0.4 is 10.1 Å². The first-order chi connectivity index (χ1) is 10.7. The van der Waals surface area contributed by atoms with Crippen molar-refractivity contribution in [2.75, 3.05) is 14.2 Å². The number of methoxy groups -OCH3 is 2. The minimum atomic E-state index is -0.846. The first kappa shape index (κ1) is 15.6. The summed E-state index contributed by atoms with van der Waals surface area (Å²) in [5.41, 5.74) is 1.10. The lowest BCUT2D eigenvalue weighted by atomic mass is 10.1. The van der Waals surface area contributed by atoms with Crippen molar-refractivity contribution in [1.29, 1.82) is 0 Å². The quantitative estimate of drug-likeness (QED) is 0.861. The number of rotatable bonds is 5. The molecular weight excluding hydrogens is 282 g/mol. The highest BCUT2D eigenvalue weighted by atomic mass is 16.5. The highest BCUT2D eigenvalue weighted by Gasteiger charge is 2.23. The topological polar surface area (TPSA) is 64.6 Å². The molecule has 0 unspecified atom stereocenters. The first-order valence-electron chi connectivity index (χ1n) is 6.73. The minimum Gasteiger partial charge on any atom is -0.497 e. The van der Waals surface area contributed by atoms with E-state index in [1.165, 1.54) is 7.11 Å². The van der Waals surface area contributed by atoms with E-state index in [2.05, 4.69) is 5.32 Å². The van der Waals surface area contributed by atoms with Crippen molar-refractivity contribution in [3.63, 3.8) is 0 Å². The Hall–Kier alpha value is -2.82. The van der Waals surface area contributed by atoms with Crippen LogP contribution in [0.25, 0.3) is 0 Å². The van der Waals surface area contributed by atoms with Crippen LogP contribution >= 0.6 is 0 Å². The summed E-state index contributed by atoms with van der Waals surface area (Å²) in [6.07, 6.45) is 0. The Bertz CT molecular complexity index is 637. The van der Waals surface area contributed by atoms with Gasteiger partial charge in [0.15, 0.2) is 6.04 Å². The number of carbonyl (C=O) groups is 2. The average molecular weight is 299 g/mol. The third kappa shape index (κ3) is 3.63. The van der Waals surface area contributed by atoms with Crippen LogP contribution in [0.5, 0.6) is 5.75 Å². The van der Waals surface area contributed by atoms with E-state index in [1.54, 1.807) is 55.6 Å². The fourth-order valence-electron chi connectivity index (χ4n) is 2.00. The number of nitrogens with one attached hydrogen (secondary N) is 1. The van der Waals surface area contributed by atoms with Crippen LogP contribution in [0.1, 0.15) is 22.0 Å². The van der Waals surface area contributed by atoms with E-state index in [0.29, 0.717) is 16.9 Å². The maximum Gasteiger partial charge on any atom is 0.333 e. The molecule has 5 heteroatoms. The van der Waals surface area contributed by atoms with E-state index >= 15 is 0 Å². The SMILES string of the molecule is COC(=O)[C@@H](NC(=O)c1ccc(OC)cc1)c1ccccc1. The van der Waals surface area contributed by atoms with Crippen LogP contribution in [-0.2, 0) is 9.53 Å². The van der Waals surface area contributed by atoms with Crippen molar-refractivity contribution in [3.8, 4) is 5.75 Å². The standard InChI is InChI=1S/C17H17NO4/c1-21-14-10-8-13(9-11-14)16(19)18-15(17(20)22-2)12-6-4-3-5-7-12/h3-11,15H,1-2H3,(H,18,19)/t15-/m0/s1. The summed E-state index contributed by atoms with van der Waals surface area (Å²) in [7, 11) is 2.84. The maximum absolute atomic E-state index is 12.3. The number of amides is 1. The second kappa shape index (κ2) is 7.26. The van der Waals surface area contributed by atoms with Gasteiger partial charge in [0.25, 0.3) is 5.91 Å². The van der Waals surface area contributed by atoms with Crippen molar-refractivity contribution in [2.24, 2.45) is 0 Å². The predicted octanol–water partition coefficient (Wildman–Crippen LogP) is 2.34. The van der Waals surface area contributed by atoms with Crippen LogP contribution in [0.15, 0.2) is 54.6 Å². The zero-order chi connectivity index (χ0) is 15.9. The molecule has 114 valence electrons. The van der Waals surface area contributed by atoms with E-state index in [-0.39, 0.29) is 5.91 Å². The Morgan fingerprint density at radius 3 is 2.14 bits per heavy atom. The molecule has 0 radical (unpaired) electrons. The smallest absolute Gasteiger partial charge is 0.333 e. The Balaban J connectivity index is 2.19. The molecule has 1 atom stereocenters. The summed E-state index contributed by atoms with van der Waals surface area (Å²) in [4.78, 5) is 24.2. The lowest BCUT2D eigenvalue weighted by Gasteiger charge is -2.17. The summed E-state index contributed by atoms with van der Waals surface area (Å²) in [6, 6.07) is 14.7. The molecule has 0 saturated heterocycles. The molecule has 0 aliphatic rings. The second-order valence-corrected chi connectivity index (χ2v) is 4.57. The molecule has 2 aromatic carbocycles. The molecule has 1 N–H and O–H groups in total. The first-order valence-corrected chi connectivity index (χ1v) is 6.73. The van der Waals surface area contributed by atoms with Gasteiger partial charge >= 0.3 is 5.97 Å². The number of hydrogen-bond acceptors (Lipinski definition) is 4. The molecule has 22 heavy (non-hydrogen) atoms. The number of hydrogen-bond donors (Lipinski definition) is 1. The number of esters is 1. The van der Waals surface area contributed by atoms with Crippen LogP contribution in [0.3, 0.4) is 0 Å². The zero-order valence-corrected chi connectivity index (χ0v) is 12.4. The molecule has 0 aromatic heterocycles. The Kier molecular flexibility index (Phi) is 5.14. The van der Waals surface area contributed by atoms with Gasteiger partial charge in [0.05, 0.1) is 14.2 Å². The molecule has 1 amide bonds. The molecule has 0 aliphatic heterocycles.